The summed E-state index contributed by atoms with van der Waals surface area (Å²) in [5.74, 6) is 0.849. The van der Waals surface area contributed by atoms with Crippen LogP contribution >= 0.6 is 0 Å². The van der Waals surface area contributed by atoms with Gasteiger partial charge in [-0.1, -0.05) is 25.1 Å². The van der Waals surface area contributed by atoms with Crippen molar-refractivity contribution in [2.24, 2.45) is 19.2 Å². The molecule has 0 aliphatic heterocycles. The fourth-order valence-corrected chi connectivity index (χ4v) is 3.64. The molecule has 3 aromatic heterocycles. The van der Waals surface area contributed by atoms with Crippen LogP contribution in [0, 0.1) is 0 Å². The second kappa shape index (κ2) is 10.3. The van der Waals surface area contributed by atoms with E-state index in [4.69, 9.17) is 4.74 Å². The van der Waals surface area contributed by atoms with Crippen molar-refractivity contribution in [2.45, 2.75) is 26.0 Å². The lowest BCUT2D eigenvalue weighted by atomic mass is 10.2. The number of pyridine rings is 1. The van der Waals surface area contributed by atoms with Crippen molar-refractivity contribution >= 4 is 23.3 Å². The summed E-state index contributed by atoms with van der Waals surface area (Å²) < 4.78 is 9.56. The summed E-state index contributed by atoms with van der Waals surface area (Å²) in [6.45, 7) is 2.04. The quantitative estimate of drug-likeness (QED) is 0.274. The van der Waals surface area contributed by atoms with Crippen LogP contribution in [0.3, 0.4) is 0 Å². The zero-order valence-electron chi connectivity index (χ0n) is 19.8. The molecule has 0 amide bonds. The van der Waals surface area contributed by atoms with Gasteiger partial charge < -0.3 is 14.4 Å². The zero-order valence-corrected chi connectivity index (χ0v) is 19.8. The number of hydrazone groups is 1. The Hall–Kier alpha value is -4.25. The Morgan fingerprint density at radius 1 is 1.20 bits per heavy atom. The highest BCUT2D eigenvalue weighted by Gasteiger charge is 2.21. The summed E-state index contributed by atoms with van der Waals surface area (Å²) in [6.07, 6.45) is 4.75. The number of nitrogens with zero attached hydrogens (tertiary/aromatic N) is 6. The lowest BCUT2D eigenvalue weighted by Gasteiger charge is -2.15. The van der Waals surface area contributed by atoms with Gasteiger partial charge in [0.15, 0.2) is 11.2 Å². The molecule has 2 N–H and O–H groups in total. The Bertz CT molecular complexity index is 1470. The van der Waals surface area contributed by atoms with E-state index in [9.17, 15) is 14.7 Å². The van der Waals surface area contributed by atoms with Crippen molar-refractivity contribution in [3.63, 3.8) is 0 Å². The molecule has 0 saturated heterocycles. The number of nitrogens with one attached hydrogen (secondary N) is 1. The van der Waals surface area contributed by atoms with Crippen LogP contribution in [0.5, 0.6) is 5.75 Å². The van der Waals surface area contributed by atoms with E-state index in [1.807, 2.05) is 30.3 Å². The molecule has 0 spiro atoms. The van der Waals surface area contributed by atoms with E-state index in [0.717, 1.165) is 22.1 Å². The number of aliphatic hydroxyl groups excluding tert-OH is 1. The largest absolute Gasteiger partial charge is 0.491 e. The van der Waals surface area contributed by atoms with Gasteiger partial charge in [-0.25, -0.2) is 10.2 Å². The third kappa shape index (κ3) is 5.14. The number of benzene rings is 1. The van der Waals surface area contributed by atoms with Crippen LogP contribution in [0.25, 0.3) is 11.2 Å². The third-order valence-corrected chi connectivity index (χ3v) is 5.55. The molecule has 35 heavy (non-hydrogen) atoms. The predicted octanol–water partition coefficient (Wildman–Crippen LogP) is 1.28. The number of rotatable bonds is 9. The highest BCUT2D eigenvalue weighted by Crippen LogP contribution is 2.18. The van der Waals surface area contributed by atoms with Crippen LogP contribution < -0.4 is 21.4 Å². The molecule has 11 nitrogen and oxygen atoms in total. The number of aromatic nitrogens is 5. The molecule has 1 atom stereocenters. The van der Waals surface area contributed by atoms with E-state index in [1.54, 1.807) is 24.7 Å². The van der Waals surface area contributed by atoms with Gasteiger partial charge in [-0.3, -0.25) is 18.9 Å². The van der Waals surface area contributed by atoms with E-state index in [0.29, 0.717) is 5.75 Å². The first-order chi connectivity index (χ1) is 16.9. The molecular formula is C24H27N7O4. The minimum atomic E-state index is -0.970. The molecule has 4 aromatic rings. The average molecular weight is 478 g/mol. The molecule has 1 aromatic carbocycles. The highest BCUT2D eigenvalue weighted by atomic mass is 16.5. The molecular weight excluding hydrogens is 450 g/mol. The first-order valence-corrected chi connectivity index (χ1v) is 11.1. The summed E-state index contributed by atoms with van der Waals surface area (Å²) in [4.78, 5) is 33.8. The van der Waals surface area contributed by atoms with E-state index in [-0.39, 0.29) is 30.3 Å². The maximum absolute atomic E-state index is 13.0. The number of fused-ring (bicyclic) bond motifs is 1. The SMILES string of the molecule is CCc1cccc(OCC(O)Cn2c(N/N=C/c3cccnc3)nc3c2c(=O)n(C)c(=O)n3C)c1. The van der Waals surface area contributed by atoms with Crippen molar-refractivity contribution < 1.29 is 9.84 Å². The minimum absolute atomic E-state index is 0.00267. The maximum atomic E-state index is 13.0. The van der Waals surface area contributed by atoms with Crippen molar-refractivity contribution in [3.8, 4) is 5.75 Å². The summed E-state index contributed by atoms with van der Waals surface area (Å²) in [6, 6.07) is 11.3. The Kier molecular flexibility index (Phi) is 7.06. The van der Waals surface area contributed by atoms with Crippen LogP contribution in [0.2, 0.25) is 0 Å². The normalized spacial score (nSPS) is 12.3. The van der Waals surface area contributed by atoms with Gasteiger partial charge in [0.2, 0.25) is 5.95 Å². The monoisotopic (exact) mass is 477 g/mol. The molecule has 0 aliphatic rings. The van der Waals surface area contributed by atoms with E-state index >= 15 is 0 Å². The van der Waals surface area contributed by atoms with Crippen molar-refractivity contribution in [2.75, 3.05) is 12.0 Å². The van der Waals surface area contributed by atoms with Crippen LogP contribution in [-0.4, -0.2) is 47.7 Å². The summed E-state index contributed by atoms with van der Waals surface area (Å²) in [5, 5.41) is 14.9. The van der Waals surface area contributed by atoms with Gasteiger partial charge in [0.1, 0.15) is 18.5 Å². The molecule has 0 saturated carbocycles. The molecule has 182 valence electrons. The number of hydrogen-bond donors (Lipinski definition) is 2. The topological polar surface area (TPSA) is 129 Å². The lowest BCUT2D eigenvalue weighted by Crippen LogP contribution is -2.38. The number of aryl methyl sites for hydroxylation is 2. The van der Waals surface area contributed by atoms with Crippen LogP contribution in [-0.2, 0) is 27.1 Å². The van der Waals surface area contributed by atoms with Crippen LogP contribution in [0.1, 0.15) is 18.1 Å². The Balaban J connectivity index is 1.64. The standard InChI is InChI=1S/C24H27N7O4/c1-4-16-7-5-9-19(11-16)35-15-18(32)14-31-20-21(29(2)24(34)30(3)22(20)33)27-23(31)28-26-13-17-8-6-10-25-12-17/h5-13,18,32H,4,14-15H2,1-3H3,(H,27,28)/b26-13+. The molecule has 11 heteroatoms. The van der Waals surface area contributed by atoms with Gasteiger partial charge in [-0.2, -0.15) is 10.1 Å². The summed E-state index contributed by atoms with van der Waals surface area (Å²) in [7, 11) is 2.93. The number of hydrogen-bond acceptors (Lipinski definition) is 8. The second-order valence-electron chi connectivity index (χ2n) is 8.05. The van der Waals surface area contributed by atoms with Gasteiger partial charge in [0.25, 0.3) is 5.56 Å². The first-order valence-electron chi connectivity index (χ1n) is 11.1. The van der Waals surface area contributed by atoms with Crippen molar-refractivity contribution in [1.29, 1.82) is 0 Å². The van der Waals surface area contributed by atoms with E-state index < -0.39 is 17.4 Å². The van der Waals surface area contributed by atoms with Gasteiger partial charge >= 0.3 is 5.69 Å². The van der Waals surface area contributed by atoms with Gasteiger partial charge in [0.05, 0.1) is 12.8 Å². The van der Waals surface area contributed by atoms with E-state index in [2.05, 4.69) is 27.4 Å². The van der Waals surface area contributed by atoms with Gasteiger partial charge in [0, 0.05) is 32.1 Å². The molecule has 4 rings (SSSR count). The molecule has 0 radical (unpaired) electrons. The third-order valence-electron chi connectivity index (χ3n) is 5.55. The number of aliphatic hydroxyl groups is 1. The van der Waals surface area contributed by atoms with Crippen LogP contribution in [0.4, 0.5) is 5.95 Å². The Morgan fingerprint density at radius 2 is 2.03 bits per heavy atom. The molecule has 0 fully saturated rings. The molecule has 1 unspecified atom stereocenters. The smallest absolute Gasteiger partial charge is 0.332 e. The van der Waals surface area contributed by atoms with Gasteiger partial charge in [-0.15, -0.1) is 0 Å². The minimum Gasteiger partial charge on any atom is -0.491 e. The van der Waals surface area contributed by atoms with Crippen molar-refractivity contribution in [1.82, 2.24) is 23.7 Å². The Labute approximate surface area is 201 Å². The summed E-state index contributed by atoms with van der Waals surface area (Å²) in [5.41, 5.74) is 4.02. The zero-order chi connectivity index (χ0) is 24.9. The Morgan fingerprint density at radius 3 is 2.77 bits per heavy atom. The fourth-order valence-electron chi connectivity index (χ4n) is 3.64. The summed E-state index contributed by atoms with van der Waals surface area (Å²) >= 11 is 0. The predicted molar refractivity (Wildman–Crippen MR) is 133 cm³/mol. The van der Waals surface area contributed by atoms with Crippen LogP contribution in [0.15, 0.2) is 63.5 Å². The highest BCUT2D eigenvalue weighted by molar-refractivity contribution is 5.80. The number of anilines is 1. The fraction of sp³-hybridized carbons (Fsp3) is 0.292. The van der Waals surface area contributed by atoms with E-state index in [1.165, 1.54) is 23.2 Å². The average Bonchev–Trinajstić information content (AvgIpc) is 3.23. The van der Waals surface area contributed by atoms with Crippen molar-refractivity contribution in [3.05, 3.63) is 80.8 Å². The number of imidazole rings is 1. The second-order valence-corrected chi connectivity index (χ2v) is 8.05. The maximum Gasteiger partial charge on any atom is 0.332 e. The molecule has 0 aliphatic carbocycles. The molecule has 3 heterocycles. The lowest BCUT2D eigenvalue weighted by molar-refractivity contribution is 0.0938. The number of ether oxygens (including phenoxy) is 1. The first kappa shape index (κ1) is 23.9. The molecule has 0 bridgehead atoms. The van der Waals surface area contributed by atoms with Gasteiger partial charge in [-0.05, 0) is 30.2 Å².